The molecule has 0 amide bonds. The van der Waals surface area contributed by atoms with E-state index in [1.165, 1.54) is 0 Å². The topological polar surface area (TPSA) is 46.5 Å². The fourth-order valence-corrected chi connectivity index (χ4v) is 2.25. The Kier molecular flexibility index (Phi) is 7.65. The van der Waals surface area contributed by atoms with Gasteiger partial charge in [-0.1, -0.05) is 50.0 Å². The van der Waals surface area contributed by atoms with Crippen LogP contribution in [-0.4, -0.2) is 31.9 Å². The van der Waals surface area contributed by atoms with Crippen molar-refractivity contribution in [3.05, 3.63) is 48.0 Å². The van der Waals surface area contributed by atoms with Gasteiger partial charge in [-0.25, -0.2) is 4.79 Å². The van der Waals surface area contributed by atoms with Crippen molar-refractivity contribution in [2.75, 3.05) is 6.61 Å². The number of hydrogen-bond donors (Lipinski definition) is 1. The molecule has 118 valence electrons. The second-order valence-corrected chi connectivity index (χ2v) is 10.8. The van der Waals surface area contributed by atoms with Gasteiger partial charge < -0.3 is 9.84 Å². The summed E-state index contributed by atoms with van der Waals surface area (Å²) in [6.07, 6.45) is 4.10. The van der Waals surface area contributed by atoms with Crippen LogP contribution >= 0.6 is 0 Å². The predicted molar refractivity (Wildman–Crippen MR) is 92.2 cm³/mol. The molecule has 0 aliphatic carbocycles. The molecule has 1 aromatic rings. The largest absolute Gasteiger partial charge is 0.458 e. The smallest absolute Gasteiger partial charge is 0.338 e. The van der Waals surface area contributed by atoms with Crippen molar-refractivity contribution in [1.29, 1.82) is 0 Å². The molecule has 0 heterocycles. The van der Waals surface area contributed by atoms with Gasteiger partial charge in [0.25, 0.3) is 0 Å². The molecule has 1 atom stereocenters. The zero-order valence-electron chi connectivity index (χ0n) is 13.5. The number of aliphatic hydroxyl groups is 1. The van der Waals surface area contributed by atoms with Gasteiger partial charge in [0.2, 0.25) is 0 Å². The first kappa shape index (κ1) is 18.2. The molecule has 0 saturated carbocycles. The second kappa shape index (κ2) is 9.24. The summed E-state index contributed by atoms with van der Waals surface area (Å²) in [4.78, 5) is 11.7. The van der Waals surface area contributed by atoms with Gasteiger partial charge >= 0.3 is 5.97 Å². The van der Waals surface area contributed by atoms with E-state index in [2.05, 4.69) is 31.1 Å². The van der Waals surface area contributed by atoms with E-state index in [4.69, 9.17) is 4.74 Å². The zero-order valence-corrected chi connectivity index (χ0v) is 14.5. The molecule has 1 aromatic carbocycles. The first-order valence-electron chi connectivity index (χ1n) is 7.44. The third-order valence-electron chi connectivity index (χ3n) is 2.70. The minimum absolute atomic E-state index is 0.209. The maximum Gasteiger partial charge on any atom is 0.338 e. The highest BCUT2D eigenvalue weighted by Gasteiger charge is 2.08. The van der Waals surface area contributed by atoms with E-state index in [0.717, 1.165) is 0 Å². The molecule has 1 rings (SSSR count). The third-order valence-corrected chi connectivity index (χ3v) is 3.62. The summed E-state index contributed by atoms with van der Waals surface area (Å²) in [7, 11) is -1.36. The van der Waals surface area contributed by atoms with Gasteiger partial charge in [0.05, 0.1) is 11.7 Å². The standard InChI is InChI=1S/C18H24O3Si/c1-22(2,3)15-9-13-17(19)12-7-8-14-21-18(20)16-10-5-4-6-11-16/h4-8,10-11,17,19H,12-14H2,1-3H3/b8-7+. The molecule has 0 fully saturated rings. The zero-order chi connectivity index (χ0) is 16.4. The first-order valence-corrected chi connectivity index (χ1v) is 10.9. The lowest BCUT2D eigenvalue weighted by atomic mass is 10.2. The Bertz CT molecular complexity index is 547. The van der Waals surface area contributed by atoms with Crippen LogP contribution in [0.2, 0.25) is 19.6 Å². The molecule has 0 aromatic heterocycles. The minimum atomic E-state index is -1.36. The van der Waals surface area contributed by atoms with E-state index >= 15 is 0 Å². The van der Waals surface area contributed by atoms with Gasteiger partial charge in [0.15, 0.2) is 0 Å². The summed E-state index contributed by atoms with van der Waals surface area (Å²) < 4.78 is 5.11. The van der Waals surface area contributed by atoms with Crippen molar-refractivity contribution in [2.45, 2.75) is 38.6 Å². The van der Waals surface area contributed by atoms with Crippen molar-refractivity contribution in [3.8, 4) is 11.5 Å². The monoisotopic (exact) mass is 316 g/mol. The summed E-state index contributed by atoms with van der Waals surface area (Å²) in [5.74, 6) is 2.71. The van der Waals surface area contributed by atoms with Crippen LogP contribution in [-0.2, 0) is 4.74 Å². The third kappa shape index (κ3) is 8.45. The van der Waals surface area contributed by atoms with Crippen LogP contribution in [0.15, 0.2) is 42.5 Å². The molecular weight excluding hydrogens is 292 g/mol. The average Bonchev–Trinajstić information content (AvgIpc) is 2.46. The van der Waals surface area contributed by atoms with Gasteiger partial charge in [-0.3, -0.25) is 0 Å². The number of ether oxygens (including phenoxy) is 1. The van der Waals surface area contributed by atoms with E-state index in [9.17, 15) is 9.90 Å². The Morgan fingerprint density at radius 1 is 1.27 bits per heavy atom. The molecule has 1 unspecified atom stereocenters. The van der Waals surface area contributed by atoms with Crippen LogP contribution in [0.1, 0.15) is 23.2 Å². The van der Waals surface area contributed by atoms with Crippen molar-refractivity contribution in [2.24, 2.45) is 0 Å². The molecule has 0 saturated heterocycles. The maximum atomic E-state index is 11.7. The molecule has 3 nitrogen and oxygen atoms in total. The molecule has 0 aliphatic heterocycles. The lowest BCUT2D eigenvalue weighted by molar-refractivity contribution is 0.0549. The first-order chi connectivity index (χ1) is 10.4. The number of benzene rings is 1. The highest BCUT2D eigenvalue weighted by molar-refractivity contribution is 6.83. The van der Waals surface area contributed by atoms with Crippen molar-refractivity contribution >= 4 is 14.0 Å². The Hall–Kier alpha value is -1.83. The summed E-state index contributed by atoms with van der Waals surface area (Å²) in [6.45, 7) is 6.73. The Morgan fingerprint density at radius 3 is 2.59 bits per heavy atom. The molecule has 22 heavy (non-hydrogen) atoms. The summed E-state index contributed by atoms with van der Waals surface area (Å²) in [5.41, 5.74) is 3.76. The molecule has 4 heteroatoms. The Balaban J connectivity index is 2.23. The van der Waals surface area contributed by atoms with Crippen molar-refractivity contribution < 1.29 is 14.6 Å². The number of carbonyl (C=O) groups excluding carboxylic acids is 1. The quantitative estimate of drug-likeness (QED) is 0.378. The highest BCUT2D eigenvalue weighted by atomic mass is 28.3. The highest BCUT2D eigenvalue weighted by Crippen LogP contribution is 2.03. The Labute approximate surface area is 134 Å². The van der Waals surface area contributed by atoms with E-state index in [1.54, 1.807) is 30.3 Å². The fourth-order valence-electron chi connectivity index (χ4n) is 1.62. The van der Waals surface area contributed by atoms with Crippen LogP contribution in [0.4, 0.5) is 0 Å². The SMILES string of the molecule is C[Si](C)(C)C#CCC(O)C/C=C/COC(=O)c1ccccc1. The van der Waals surface area contributed by atoms with E-state index in [-0.39, 0.29) is 12.6 Å². The van der Waals surface area contributed by atoms with Gasteiger partial charge in [-0.15, -0.1) is 11.5 Å². The van der Waals surface area contributed by atoms with E-state index in [1.807, 2.05) is 12.1 Å². The van der Waals surface area contributed by atoms with Crippen LogP contribution in [0.25, 0.3) is 0 Å². The summed E-state index contributed by atoms with van der Waals surface area (Å²) in [6, 6.07) is 8.87. The summed E-state index contributed by atoms with van der Waals surface area (Å²) in [5, 5.41) is 9.79. The fraction of sp³-hybridized carbons (Fsp3) is 0.389. The van der Waals surface area contributed by atoms with Crippen molar-refractivity contribution in [1.82, 2.24) is 0 Å². The van der Waals surface area contributed by atoms with Gasteiger partial charge in [-0.05, 0) is 18.6 Å². The molecule has 1 N–H and O–H groups in total. The van der Waals surface area contributed by atoms with E-state index in [0.29, 0.717) is 18.4 Å². The maximum absolute atomic E-state index is 11.7. The molecule has 0 aliphatic rings. The van der Waals surface area contributed by atoms with Crippen LogP contribution in [0, 0.1) is 11.5 Å². The van der Waals surface area contributed by atoms with E-state index < -0.39 is 14.2 Å². The number of carbonyl (C=O) groups is 1. The summed E-state index contributed by atoms with van der Waals surface area (Å²) >= 11 is 0. The predicted octanol–water partition coefficient (Wildman–Crippen LogP) is 3.42. The van der Waals surface area contributed by atoms with Gasteiger partial charge in [-0.2, -0.15) is 0 Å². The number of esters is 1. The molecule has 0 bridgehead atoms. The average molecular weight is 316 g/mol. The van der Waals surface area contributed by atoms with Crippen LogP contribution in [0.3, 0.4) is 0 Å². The second-order valence-electron chi connectivity index (χ2n) is 6.08. The van der Waals surface area contributed by atoms with Crippen molar-refractivity contribution in [3.63, 3.8) is 0 Å². The van der Waals surface area contributed by atoms with Crippen LogP contribution in [0.5, 0.6) is 0 Å². The minimum Gasteiger partial charge on any atom is -0.458 e. The van der Waals surface area contributed by atoms with Gasteiger partial charge in [0.1, 0.15) is 14.7 Å². The lowest BCUT2D eigenvalue weighted by Crippen LogP contribution is -2.16. The number of rotatable bonds is 6. The normalized spacial score (nSPS) is 12.5. The number of aliphatic hydroxyl groups excluding tert-OH is 1. The molecular formula is C18H24O3Si. The lowest BCUT2D eigenvalue weighted by Gasteiger charge is -2.05. The number of hydrogen-bond acceptors (Lipinski definition) is 3. The molecule has 0 radical (unpaired) electrons. The molecule has 0 spiro atoms. The Morgan fingerprint density at radius 2 is 1.95 bits per heavy atom. The van der Waals surface area contributed by atoms with Crippen LogP contribution < -0.4 is 0 Å². The van der Waals surface area contributed by atoms with Gasteiger partial charge in [0, 0.05) is 6.42 Å².